The number of nitrogens with two attached hydrogens (primary N) is 1. The number of hydrogen-bond acceptors (Lipinski definition) is 4. The van der Waals surface area contributed by atoms with Gasteiger partial charge in [0.1, 0.15) is 10.7 Å². The van der Waals surface area contributed by atoms with E-state index in [2.05, 4.69) is 44.0 Å². The number of benzene rings is 1. The van der Waals surface area contributed by atoms with E-state index in [4.69, 9.17) is 5.73 Å². The third-order valence-corrected chi connectivity index (χ3v) is 4.90. The zero-order valence-corrected chi connectivity index (χ0v) is 14.0. The Morgan fingerprint density at radius 3 is 2.82 bits per heavy atom. The summed E-state index contributed by atoms with van der Waals surface area (Å²) in [5.41, 5.74) is 9.76. The lowest BCUT2D eigenvalue weighted by Gasteiger charge is -2.21. The van der Waals surface area contributed by atoms with Crippen LogP contribution in [-0.2, 0) is 18.4 Å². The SMILES string of the molecule is CC(C)(C)c1ccc2c(c1)CCN2C(=O)c1csc(CN)n1. The lowest BCUT2D eigenvalue weighted by atomic mass is 9.86. The molecule has 0 fully saturated rings. The van der Waals surface area contributed by atoms with Crippen molar-refractivity contribution in [1.29, 1.82) is 0 Å². The number of hydrogen-bond donors (Lipinski definition) is 1. The van der Waals surface area contributed by atoms with E-state index in [0.717, 1.165) is 23.7 Å². The maximum atomic E-state index is 12.7. The Kier molecular flexibility index (Phi) is 3.78. The van der Waals surface area contributed by atoms with Gasteiger partial charge in [-0.15, -0.1) is 11.3 Å². The molecule has 2 heterocycles. The molecule has 1 aromatic heterocycles. The van der Waals surface area contributed by atoms with Crippen LogP contribution in [0, 0.1) is 0 Å². The Bertz CT molecular complexity index is 715. The van der Waals surface area contributed by atoms with Gasteiger partial charge >= 0.3 is 0 Å². The summed E-state index contributed by atoms with van der Waals surface area (Å²) in [5, 5.41) is 2.59. The smallest absolute Gasteiger partial charge is 0.277 e. The van der Waals surface area contributed by atoms with Crippen molar-refractivity contribution < 1.29 is 4.79 Å². The molecule has 1 amide bonds. The van der Waals surface area contributed by atoms with Crippen LogP contribution in [0.2, 0.25) is 0 Å². The second kappa shape index (κ2) is 5.48. The molecule has 0 spiro atoms. The van der Waals surface area contributed by atoms with E-state index in [1.54, 1.807) is 5.38 Å². The van der Waals surface area contributed by atoms with E-state index in [1.807, 2.05) is 4.90 Å². The standard InChI is InChI=1S/C17H21N3OS/c1-17(2,3)12-4-5-14-11(8-12)6-7-20(14)16(21)13-10-22-15(9-18)19-13/h4-5,8,10H,6-7,9,18H2,1-3H3. The number of fused-ring (bicyclic) bond motifs is 1. The molecule has 0 bridgehead atoms. The van der Waals surface area contributed by atoms with Crippen LogP contribution in [0.5, 0.6) is 0 Å². The van der Waals surface area contributed by atoms with Crippen LogP contribution < -0.4 is 10.6 Å². The first kappa shape index (κ1) is 15.2. The molecule has 4 nitrogen and oxygen atoms in total. The van der Waals surface area contributed by atoms with E-state index < -0.39 is 0 Å². The third-order valence-electron chi connectivity index (χ3n) is 4.03. The lowest BCUT2D eigenvalue weighted by Crippen LogP contribution is -2.29. The highest BCUT2D eigenvalue weighted by molar-refractivity contribution is 7.09. The molecule has 22 heavy (non-hydrogen) atoms. The van der Waals surface area contributed by atoms with Gasteiger partial charge < -0.3 is 10.6 Å². The normalized spacial score (nSPS) is 14.3. The molecule has 0 radical (unpaired) electrons. The minimum absolute atomic E-state index is 0.0294. The van der Waals surface area contributed by atoms with Crippen LogP contribution in [0.15, 0.2) is 23.6 Å². The highest BCUT2D eigenvalue weighted by Gasteiger charge is 2.28. The van der Waals surface area contributed by atoms with Crippen molar-refractivity contribution in [3.05, 3.63) is 45.4 Å². The van der Waals surface area contributed by atoms with Crippen LogP contribution in [0.25, 0.3) is 0 Å². The van der Waals surface area contributed by atoms with Crippen LogP contribution in [0.4, 0.5) is 5.69 Å². The summed E-state index contributed by atoms with van der Waals surface area (Å²) in [7, 11) is 0. The number of anilines is 1. The molecule has 116 valence electrons. The first-order chi connectivity index (χ1) is 10.4. The molecule has 1 aliphatic heterocycles. The molecular weight excluding hydrogens is 294 g/mol. The summed E-state index contributed by atoms with van der Waals surface area (Å²) in [6, 6.07) is 6.42. The quantitative estimate of drug-likeness (QED) is 0.926. The van der Waals surface area contributed by atoms with E-state index in [9.17, 15) is 4.79 Å². The van der Waals surface area contributed by atoms with Crippen molar-refractivity contribution in [3.63, 3.8) is 0 Å². The van der Waals surface area contributed by atoms with E-state index in [1.165, 1.54) is 22.5 Å². The second-order valence-corrected chi connectivity index (χ2v) is 7.57. The summed E-state index contributed by atoms with van der Waals surface area (Å²) in [6.07, 6.45) is 0.902. The van der Waals surface area contributed by atoms with E-state index >= 15 is 0 Å². The minimum atomic E-state index is -0.0294. The van der Waals surface area contributed by atoms with E-state index in [0.29, 0.717) is 12.2 Å². The summed E-state index contributed by atoms with van der Waals surface area (Å²) >= 11 is 1.44. The van der Waals surface area contributed by atoms with Gasteiger partial charge in [-0.25, -0.2) is 4.98 Å². The molecule has 0 aliphatic carbocycles. The first-order valence-electron chi connectivity index (χ1n) is 7.50. The predicted molar refractivity (Wildman–Crippen MR) is 90.5 cm³/mol. The van der Waals surface area contributed by atoms with Gasteiger partial charge in [0, 0.05) is 24.2 Å². The summed E-state index contributed by atoms with van der Waals surface area (Å²) in [4.78, 5) is 18.8. The Morgan fingerprint density at radius 1 is 1.41 bits per heavy atom. The monoisotopic (exact) mass is 315 g/mol. The second-order valence-electron chi connectivity index (χ2n) is 6.63. The average Bonchev–Trinajstić information content (AvgIpc) is 3.11. The molecule has 1 aromatic carbocycles. The number of aromatic nitrogens is 1. The van der Waals surface area contributed by atoms with Crippen LogP contribution in [0.1, 0.15) is 47.4 Å². The lowest BCUT2D eigenvalue weighted by molar-refractivity contribution is 0.0985. The fraction of sp³-hybridized carbons (Fsp3) is 0.412. The Hall–Kier alpha value is -1.72. The van der Waals surface area contributed by atoms with Gasteiger partial charge in [0.25, 0.3) is 5.91 Å². The van der Waals surface area contributed by atoms with Crippen molar-refractivity contribution in [2.45, 2.75) is 39.2 Å². The fourth-order valence-electron chi connectivity index (χ4n) is 2.72. The van der Waals surface area contributed by atoms with E-state index in [-0.39, 0.29) is 11.3 Å². The molecule has 1 aliphatic rings. The number of thiazole rings is 1. The Labute approximate surface area is 135 Å². The Morgan fingerprint density at radius 2 is 2.18 bits per heavy atom. The zero-order valence-electron chi connectivity index (χ0n) is 13.2. The predicted octanol–water partition coefficient (Wildman–Crippen LogP) is 3.10. The topological polar surface area (TPSA) is 59.2 Å². The highest BCUT2D eigenvalue weighted by Crippen LogP contribution is 2.33. The van der Waals surface area contributed by atoms with Crippen molar-refractivity contribution in [2.75, 3.05) is 11.4 Å². The summed E-state index contributed by atoms with van der Waals surface area (Å²) in [5.74, 6) is -0.0294. The van der Waals surface area contributed by atoms with Crippen molar-refractivity contribution >= 4 is 22.9 Å². The van der Waals surface area contributed by atoms with Gasteiger partial charge in [0.05, 0.1) is 0 Å². The third kappa shape index (κ3) is 2.66. The summed E-state index contributed by atoms with van der Waals surface area (Å²) in [6.45, 7) is 7.71. The van der Waals surface area contributed by atoms with Crippen molar-refractivity contribution in [1.82, 2.24) is 4.98 Å². The number of carbonyl (C=O) groups excluding carboxylic acids is 1. The molecule has 2 N–H and O–H groups in total. The number of amides is 1. The molecule has 5 heteroatoms. The average molecular weight is 315 g/mol. The van der Waals surface area contributed by atoms with Gasteiger partial charge in [-0.05, 0) is 29.0 Å². The van der Waals surface area contributed by atoms with Crippen LogP contribution in [-0.4, -0.2) is 17.4 Å². The van der Waals surface area contributed by atoms with Gasteiger partial charge in [-0.2, -0.15) is 0 Å². The molecular formula is C17H21N3OS. The number of nitrogens with zero attached hydrogens (tertiary/aromatic N) is 2. The van der Waals surface area contributed by atoms with Gasteiger partial charge in [0.2, 0.25) is 0 Å². The van der Waals surface area contributed by atoms with Gasteiger partial charge in [-0.1, -0.05) is 32.9 Å². The minimum Gasteiger partial charge on any atom is -0.325 e. The Balaban J connectivity index is 1.89. The maximum absolute atomic E-state index is 12.7. The molecule has 0 saturated carbocycles. The fourth-order valence-corrected chi connectivity index (χ4v) is 3.37. The molecule has 0 atom stereocenters. The van der Waals surface area contributed by atoms with Crippen molar-refractivity contribution in [2.24, 2.45) is 5.73 Å². The maximum Gasteiger partial charge on any atom is 0.277 e. The molecule has 0 unspecified atom stereocenters. The van der Waals surface area contributed by atoms with Gasteiger partial charge in [0.15, 0.2) is 0 Å². The largest absolute Gasteiger partial charge is 0.325 e. The molecule has 3 rings (SSSR count). The summed E-state index contributed by atoms with van der Waals surface area (Å²) < 4.78 is 0. The van der Waals surface area contributed by atoms with Crippen LogP contribution in [0.3, 0.4) is 0 Å². The number of rotatable bonds is 2. The zero-order chi connectivity index (χ0) is 15.9. The van der Waals surface area contributed by atoms with Gasteiger partial charge in [-0.3, -0.25) is 4.79 Å². The molecule has 2 aromatic rings. The van der Waals surface area contributed by atoms with Crippen molar-refractivity contribution in [3.8, 4) is 0 Å². The number of carbonyl (C=O) groups is 1. The van der Waals surface area contributed by atoms with Crippen LogP contribution >= 0.6 is 11.3 Å². The highest BCUT2D eigenvalue weighted by atomic mass is 32.1. The molecule has 0 saturated heterocycles. The first-order valence-corrected chi connectivity index (χ1v) is 8.38.